The number of nitrogens with zero attached hydrogens (tertiary/aromatic N) is 3. The van der Waals surface area contributed by atoms with Crippen LogP contribution in [-0.2, 0) is 6.54 Å². The van der Waals surface area contributed by atoms with Crippen LogP contribution in [0.5, 0.6) is 0 Å². The minimum Gasteiger partial charge on any atom is -0.314 e. The summed E-state index contributed by atoms with van der Waals surface area (Å²) in [5, 5.41) is 7.76. The largest absolute Gasteiger partial charge is 0.350 e. The lowest BCUT2D eigenvalue weighted by Gasteiger charge is -2.12. The fourth-order valence-electron chi connectivity index (χ4n) is 2.15. The Morgan fingerprint density at radius 1 is 1.42 bits per heavy atom. The Kier molecular flexibility index (Phi) is 4.74. The third-order valence-corrected chi connectivity index (χ3v) is 3.24. The zero-order valence-corrected chi connectivity index (χ0v) is 11.7. The first-order valence-electron chi connectivity index (χ1n) is 7.00. The molecule has 0 aliphatic rings. The van der Waals surface area contributed by atoms with Gasteiger partial charge in [-0.1, -0.05) is 13.0 Å². The zero-order valence-electron chi connectivity index (χ0n) is 11.7. The molecule has 5 heteroatoms. The van der Waals surface area contributed by atoms with Crippen LogP contribution in [0.15, 0.2) is 29.2 Å². The second-order valence-electron chi connectivity index (χ2n) is 4.93. The molecule has 0 fully saturated rings. The summed E-state index contributed by atoms with van der Waals surface area (Å²) in [5.41, 5.74) is 0.662. The van der Waals surface area contributed by atoms with Crippen molar-refractivity contribution < 1.29 is 0 Å². The number of hydrogen-bond donors (Lipinski definition) is 1. The van der Waals surface area contributed by atoms with Crippen molar-refractivity contribution in [2.24, 2.45) is 0 Å². The number of aromatic nitrogens is 3. The molecule has 19 heavy (non-hydrogen) atoms. The van der Waals surface area contributed by atoms with Gasteiger partial charge in [0.1, 0.15) is 0 Å². The SMILES string of the molecule is CCCNC(C)CCCn1nc2ccccn2c1=O. The average molecular weight is 262 g/mol. The van der Waals surface area contributed by atoms with Gasteiger partial charge in [-0.15, -0.1) is 5.10 Å². The molecule has 0 aliphatic carbocycles. The molecule has 104 valence electrons. The van der Waals surface area contributed by atoms with Gasteiger partial charge in [0.05, 0.1) is 0 Å². The third kappa shape index (κ3) is 3.44. The van der Waals surface area contributed by atoms with Crippen LogP contribution in [0.3, 0.4) is 0 Å². The van der Waals surface area contributed by atoms with E-state index in [1.165, 1.54) is 0 Å². The van der Waals surface area contributed by atoms with E-state index in [-0.39, 0.29) is 5.69 Å². The first-order valence-corrected chi connectivity index (χ1v) is 7.00. The van der Waals surface area contributed by atoms with Crippen LogP contribution in [0.4, 0.5) is 0 Å². The van der Waals surface area contributed by atoms with E-state index in [0.29, 0.717) is 18.2 Å². The normalized spacial score (nSPS) is 12.9. The number of pyridine rings is 1. The molecule has 0 saturated carbocycles. The third-order valence-electron chi connectivity index (χ3n) is 3.24. The number of fused-ring (bicyclic) bond motifs is 1. The summed E-state index contributed by atoms with van der Waals surface area (Å²) in [6, 6.07) is 6.08. The van der Waals surface area contributed by atoms with Crippen LogP contribution in [0.2, 0.25) is 0 Å². The minimum absolute atomic E-state index is 0.0511. The molecule has 2 rings (SSSR count). The van der Waals surface area contributed by atoms with Crippen molar-refractivity contribution in [3.05, 3.63) is 34.9 Å². The van der Waals surface area contributed by atoms with Gasteiger partial charge in [-0.25, -0.2) is 9.48 Å². The Hall–Kier alpha value is -1.62. The van der Waals surface area contributed by atoms with Crippen LogP contribution < -0.4 is 11.0 Å². The first kappa shape index (κ1) is 13.8. The molecule has 2 aromatic rings. The molecule has 5 nitrogen and oxygen atoms in total. The summed E-state index contributed by atoms with van der Waals surface area (Å²) in [6.45, 7) is 6.08. The molecular formula is C14H22N4O. The van der Waals surface area contributed by atoms with Crippen molar-refractivity contribution in [3.8, 4) is 0 Å². The highest BCUT2D eigenvalue weighted by Crippen LogP contribution is 2.00. The summed E-state index contributed by atoms with van der Waals surface area (Å²) in [7, 11) is 0. The van der Waals surface area contributed by atoms with E-state index < -0.39 is 0 Å². The number of rotatable bonds is 7. The van der Waals surface area contributed by atoms with Crippen molar-refractivity contribution in [2.45, 2.75) is 45.7 Å². The molecule has 0 aromatic carbocycles. The van der Waals surface area contributed by atoms with Crippen LogP contribution in [0.25, 0.3) is 5.65 Å². The molecule has 0 amide bonds. The van der Waals surface area contributed by atoms with Crippen molar-refractivity contribution in [2.75, 3.05) is 6.54 Å². The Balaban J connectivity index is 1.91. The van der Waals surface area contributed by atoms with E-state index in [1.807, 2.05) is 18.2 Å². The van der Waals surface area contributed by atoms with E-state index in [9.17, 15) is 4.79 Å². The van der Waals surface area contributed by atoms with Crippen molar-refractivity contribution in [1.29, 1.82) is 0 Å². The van der Waals surface area contributed by atoms with E-state index in [2.05, 4.69) is 24.3 Å². The van der Waals surface area contributed by atoms with Gasteiger partial charge in [0, 0.05) is 18.8 Å². The van der Waals surface area contributed by atoms with E-state index in [1.54, 1.807) is 15.3 Å². The molecule has 1 N–H and O–H groups in total. The Morgan fingerprint density at radius 3 is 3.00 bits per heavy atom. The van der Waals surface area contributed by atoms with Crippen molar-refractivity contribution in [3.63, 3.8) is 0 Å². The van der Waals surface area contributed by atoms with Crippen LogP contribution in [-0.4, -0.2) is 26.8 Å². The lowest BCUT2D eigenvalue weighted by atomic mass is 10.2. The predicted molar refractivity (Wildman–Crippen MR) is 76.4 cm³/mol. The monoisotopic (exact) mass is 262 g/mol. The zero-order chi connectivity index (χ0) is 13.7. The maximum absolute atomic E-state index is 12.0. The molecule has 0 saturated heterocycles. The smallest absolute Gasteiger partial charge is 0.314 e. The second kappa shape index (κ2) is 6.52. The molecule has 1 unspecified atom stereocenters. The molecule has 0 spiro atoms. The van der Waals surface area contributed by atoms with E-state index in [0.717, 1.165) is 25.8 Å². The highest BCUT2D eigenvalue weighted by Gasteiger charge is 2.06. The number of aryl methyl sites for hydroxylation is 1. The highest BCUT2D eigenvalue weighted by molar-refractivity contribution is 5.35. The van der Waals surface area contributed by atoms with Gasteiger partial charge >= 0.3 is 5.69 Å². The molecule has 0 aliphatic heterocycles. The summed E-state index contributed by atoms with van der Waals surface area (Å²) in [6.07, 6.45) is 4.92. The Morgan fingerprint density at radius 2 is 2.26 bits per heavy atom. The van der Waals surface area contributed by atoms with Crippen molar-refractivity contribution in [1.82, 2.24) is 19.5 Å². The van der Waals surface area contributed by atoms with E-state index >= 15 is 0 Å². The van der Waals surface area contributed by atoms with Crippen molar-refractivity contribution >= 4 is 5.65 Å². The van der Waals surface area contributed by atoms with Crippen LogP contribution in [0, 0.1) is 0 Å². The van der Waals surface area contributed by atoms with Crippen LogP contribution in [0.1, 0.15) is 33.1 Å². The second-order valence-corrected chi connectivity index (χ2v) is 4.93. The minimum atomic E-state index is -0.0511. The summed E-state index contributed by atoms with van der Waals surface area (Å²) in [5.74, 6) is 0. The number of hydrogen-bond acceptors (Lipinski definition) is 3. The summed E-state index contributed by atoms with van der Waals surface area (Å²) in [4.78, 5) is 12.0. The molecule has 2 aromatic heterocycles. The maximum Gasteiger partial charge on any atom is 0.350 e. The molecular weight excluding hydrogens is 240 g/mol. The highest BCUT2D eigenvalue weighted by atomic mass is 16.2. The van der Waals surface area contributed by atoms with Gasteiger partial charge in [0.2, 0.25) is 0 Å². The first-order chi connectivity index (χ1) is 9.22. The van der Waals surface area contributed by atoms with Gasteiger partial charge in [0.15, 0.2) is 5.65 Å². The standard InChI is InChI=1S/C14H22N4O/c1-3-9-15-12(2)7-6-11-18-14(19)17-10-5-4-8-13(17)16-18/h4-5,8,10,12,15H,3,6-7,9,11H2,1-2H3. The van der Waals surface area contributed by atoms with E-state index in [4.69, 9.17) is 0 Å². The Bertz CT molecular complexity index is 572. The maximum atomic E-state index is 12.0. The van der Waals surface area contributed by atoms with Crippen LogP contribution >= 0.6 is 0 Å². The van der Waals surface area contributed by atoms with Gasteiger partial charge < -0.3 is 5.32 Å². The quantitative estimate of drug-likeness (QED) is 0.825. The Labute approximate surface area is 113 Å². The predicted octanol–water partition coefficient (Wildman–Crippen LogP) is 1.66. The fourth-order valence-corrected chi connectivity index (χ4v) is 2.15. The molecule has 0 bridgehead atoms. The molecule has 0 radical (unpaired) electrons. The summed E-state index contributed by atoms with van der Waals surface area (Å²) >= 11 is 0. The lowest BCUT2D eigenvalue weighted by molar-refractivity contribution is 0.459. The van der Waals surface area contributed by atoms with Gasteiger partial charge in [-0.2, -0.15) is 0 Å². The van der Waals surface area contributed by atoms with Gasteiger partial charge in [0.25, 0.3) is 0 Å². The molecule has 2 heterocycles. The van der Waals surface area contributed by atoms with Gasteiger partial charge in [-0.3, -0.25) is 4.40 Å². The average Bonchev–Trinajstić information content (AvgIpc) is 2.74. The summed E-state index contributed by atoms with van der Waals surface area (Å²) < 4.78 is 3.14. The number of nitrogens with one attached hydrogen (secondary N) is 1. The topological polar surface area (TPSA) is 51.3 Å². The lowest BCUT2D eigenvalue weighted by Crippen LogP contribution is -2.27. The van der Waals surface area contributed by atoms with Gasteiger partial charge in [-0.05, 0) is 44.9 Å². The fraction of sp³-hybridized carbons (Fsp3) is 0.571. The molecule has 1 atom stereocenters.